The maximum absolute atomic E-state index is 12.6. The molecule has 0 spiro atoms. The lowest BCUT2D eigenvalue weighted by molar-refractivity contribution is 0.271. The van der Waals surface area contributed by atoms with Crippen molar-refractivity contribution in [1.29, 1.82) is 0 Å². The number of fused-ring (bicyclic) bond motifs is 1. The van der Waals surface area contributed by atoms with Gasteiger partial charge in [0.05, 0.1) is 4.90 Å². The Morgan fingerprint density at radius 2 is 2.00 bits per heavy atom. The summed E-state index contributed by atoms with van der Waals surface area (Å²) >= 11 is 0. The molecule has 1 aliphatic heterocycles. The van der Waals surface area contributed by atoms with Crippen LogP contribution in [0.3, 0.4) is 0 Å². The Labute approximate surface area is 114 Å². The quantitative estimate of drug-likeness (QED) is 0.872. The van der Waals surface area contributed by atoms with Crippen LogP contribution in [0.5, 0.6) is 0 Å². The van der Waals surface area contributed by atoms with Gasteiger partial charge in [-0.3, -0.25) is 0 Å². The molecule has 3 rings (SSSR count). The zero-order valence-corrected chi connectivity index (χ0v) is 12.0. The average Bonchev–Trinajstić information content (AvgIpc) is 2.95. The van der Waals surface area contributed by atoms with Gasteiger partial charge in [-0.05, 0) is 37.2 Å². The highest BCUT2D eigenvalue weighted by atomic mass is 32.2. The molecule has 2 N–H and O–H groups in total. The third kappa shape index (κ3) is 2.32. The van der Waals surface area contributed by atoms with Gasteiger partial charge < -0.3 is 10.3 Å². The van der Waals surface area contributed by atoms with E-state index in [0.29, 0.717) is 29.8 Å². The standard InChI is InChI=1S/C13H21N3O2S/c1-15-5-4-13(9-15)19(17,18)16-7-10-2-3-12(14)6-11(10)8-16/h4-5,9-12H,2-3,6-8,14H2,1H3/t10-,11+,12?/m1/s1. The van der Waals surface area contributed by atoms with E-state index in [2.05, 4.69) is 0 Å². The van der Waals surface area contributed by atoms with Gasteiger partial charge in [0.2, 0.25) is 10.0 Å². The summed E-state index contributed by atoms with van der Waals surface area (Å²) < 4.78 is 28.5. The van der Waals surface area contributed by atoms with Crippen LogP contribution in [0.1, 0.15) is 19.3 Å². The van der Waals surface area contributed by atoms with Crippen LogP contribution in [0.15, 0.2) is 23.4 Å². The Bertz CT molecular complexity index is 566. The first-order chi connectivity index (χ1) is 8.96. The van der Waals surface area contributed by atoms with Crippen molar-refractivity contribution in [2.75, 3.05) is 13.1 Å². The van der Waals surface area contributed by atoms with Crippen LogP contribution in [0.25, 0.3) is 0 Å². The number of aryl methyl sites for hydroxylation is 1. The Morgan fingerprint density at radius 1 is 1.26 bits per heavy atom. The molecule has 1 unspecified atom stereocenters. The predicted octanol–water partition coefficient (Wildman–Crippen LogP) is 0.773. The number of rotatable bonds is 2. The highest BCUT2D eigenvalue weighted by Gasteiger charge is 2.41. The van der Waals surface area contributed by atoms with Crippen molar-refractivity contribution in [2.24, 2.45) is 24.6 Å². The lowest BCUT2D eigenvalue weighted by Gasteiger charge is -2.28. The summed E-state index contributed by atoms with van der Waals surface area (Å²) in [6.45, 7) is 1.30. The van der Waals surface area contributed by atoms with Crippen molar-refractivity contribution in [3.05, 3.63) is 18.5 Å². The van der Waals surface area contributed by atoms with Gasteiger partial charge >= 0.3 is 0 Å². The van der Waals surface area contributed by atoms with Crippen molar-refractivity contribution in [1.82, 2.24) is 8.87 Å². The van der Waals surface area contributed by atoms with E-state index in [0.717, 1.165) is 19.3 Å². The van der Waals surface area contributed by atoms with Crippen LogP contribution < -0.4 is 5.73 Å². The van der Waals surface area contributed by atoms with Gasteiger partial charge in [0.25, 0.3) is 0 Å². The number of hydrogen-bond donors (Lipinski definition) is 1. The third-order valence-electron chi connectivity index (χ3n) is 4.50. The molecule has 0 amide bonds. The summed E-state index contributed by atoms with van der Waals surface area (Å²) in [5, 5.41) is 0. The molecule has 3 atom stereocenters. The van der Waals surface area contributed by atoms with Gasteiger partial charge in [0.15, 0.2) is 0 Å². The highest BCUT2D eigenvalue weighted by Crippen LogP contribution is 2.37. The molecule has 6 heteroatoms. The first kappa shape index (κ1) is 13.1. The minimum atomic E-state index is -3.32. The van der Waals surface area contributed by atoms with Gasteiger partial charge in [-0.15, -0.1) is 0 Å². The van der Waals surface area contributed by atoms with Crippen LogP contribution in [-0.2, 0) is 17.1 Å². The molecular formula is C13H21N3O2S. The monoisotopic (exact) mass is 283 g/mol. The van der Waals surface area contributed by atoms with Gasteiger partial charge in [-0.2, -0.15) is 4.31 Å². The van der Waals surface area contributed by atoms with Gasteiger partial charge in [0, 0.05) is 38.6 Å². The highest BCUT2D eigenvalue weighted by molar-refractivity contribution is 7.89. The zero-order chi connectivity index (χ0) is 13.6. The average molecular weight is 283 g/mol. The maximum Gasteiger partial charge on any atom is 0.244 e. The Morgan fingerprint density at radius 3 is 2.68 bits per heavy atom. The maximum atomic E-state index is 12.6. The summed E-state index contributed by atoms with van der Waals surface area (Å²) in [4.78, 5) is 0.401. The Balaban J connectivity index is 1.80. The lowest BCUT2D eigenvalue weighted by atomic mass is 9.79. The summed E-state index contributed by atoms with van der Waals surface area (Å²) in [5.41, 5.74) is 5.99. The van der Waals surface area contributed by atoms with Crippen molar-refractivity contribution >= 4 is 10.0 Å². The molecule has 0 aromatic carbocycles. The van der Waals surface area contributed by atoms with E-state index in [-0.39, 0.29) is 6.04 Å². The molecule has 2 heterocycles. The molecule has 1 saturated carbocycles. The van der Waals surface area contributed by atoms with E-state index in [1.807, 2.05) is 7.05 Å². The molecular weight excluding hydrogens is 262 g/mol. The van der Waals surface area contributed by atoms with E-state index in [4.69, 9.17) is 5.73 Å². The minimum absolute atomic E-state index is 0.251. The minimum Gasteiger partial charge on any atom is -0.356 e. The molecule has 0 radical (unpaired) electrons. The third-order valence-corrected chi connectivity index (χ3v) is 6.31. The number of hydrogen-bond acceptors (Lipinski definition) is 3. The molecule has 1 aromatic heterocycles. The van der Waals surface area contributed by atoms with Crippen molar-refractivity contribution in [3.63, 3.8) is 0 Å². The van der Waals surface area contributed by atoms with Crippen molar-refractivity contribution in [2.45, 2.75) is 30.2 Å². The fourth-order valence-corrected chi connectivity index (χ4v) is 5.01. The normalized spacial score (nSPS) is 32.4. The number of sulfonamides is 1. The zero-order valence-electron chi connectivity index (χ0n) is 11.2. The summed E-state index contributed by atoms with van der Waals surface area (Å²) in [5.74, 6) is 0.945. The van der Waals surface area contributed by atoms with Crippen LogP contribution in [0.2, 0.25) is 0 Å². The first-order valence-electron chi connectivity index (χ1n) is 6.84. The van der Waals surface area contributed by atoms with Crippen LogP contribution in [0.4, 0.5) is 0 Å². The molecule has 19 heavy (non-hydrogen) atoms. The molecule has 2 fully saturated rings. The van der Waals surface area contributed by atoms with Crippen LogP contribution >= 0.6 is 0 Å². The fourth-order valence-electron chi connectivity index (χ4n) is 3.40. The molecule has 106 valence electrons. The van der Waals surface area contributed by atoms with E-state index in [9.17, 15) is 8.42 Å². The molecule has 1 aromatic rings. The van der Waals surface area contributed by atoms with Crippen LogP contribution in [-0.4, -0.2) is 36.4 Å². The topological polar surface area (TPSA) is 68.3 Å². The van der Waals surface area contributed by atoms with Gasteiger partial charge in [0.1, 0.15) is 0 Å². The first-order valence-corrected chi connectivity index (χ1v) is 8.28. The smallest absolute Gasteiger partial charge is 0.244 e. The van der Waals surface area contributed by atoms with Gasteiger partial charge in [-0.25, -0.2) is 8.42 Å². The van der Waals surface area contributed by atoms with Crippen molar-refractivity contribution in [3.8, 4) is 0 Å². The fraction of sp³-hybridized carbons (Fsp3) is 0.692. The SMILES string of the molecule is Cn1ccc(S(=O)(=O)N2C[C@H]3CCC(N)C[C@H]3C2)c1. The van der Waals surface area contributed by atoms with E-state index in [1.165, 1.54) is 0 Å². The molecule has 1 saturated heterocycles. The number of nitrogens with two attached hydrogens (primary N) is 1. The molecule has 2 aliphatic rings. The van der Waals surface area contributed by atoms with Crippen LogP contribution in [0, 0.1) is 11.8 Å². The second kappa shape index (κ2) is 4.61. The lowest BCUT2D eigenvalue weighted by Crippen LogP contribution is -2.32. The van der Waals surface area contributed by atoms with E-state index < -0.39 is 10.0 Å². The summed E-state index contributed by atoms with van der Waals surface area (Å²) in [6, 6.07) is 1.92. The number of nitrogens with zero attached hydrogens (tertiary/aromatic N) is 2. The second-order valence-electron chi connectivity index (χ2n) is 5.93. The Hall–Kier alpha value is -0.850. The van der Waals surface area contributed by atoms with E-state index >= 15 is 0 Å². The summed E-state index contributed by atoms with van der Waals surface area (Å²) in [7, 11) is -1.49. The van der Waals surface area contributed by atoms with E-state index in [1.54, 1.807) is 27.3 Å². The van der Waals surface area contributed by atoms with Crippen molar-refractivity contribution < 1.29 is 8.42 Å². The summed E-state index contributed by atoms with van der Waals surface area (Å²) in [6.07, 6.45) is 6.49. The molecule has 0 bridgehead atoms. The predicted molar refractivity (Wildman–Crippen MR) is 73.0 cm³/mol. The largest absolute Gasteiger partial charge is 0.356 e. The van der Waals surface area contributed by atoms with Gasteiger partial charge in [-0.1, -0.05) is 0 Å². The number of aromatic nitrogens is 1. The molecule has 1 aliphatic carbocycles. The Kier molecular flexibility index (Phi) is 3.19. The molecule has 5 nitrogen and oxygen atoms in total. The second-order valence-corrected chi connectivity index (χ2v) is 7.87.